The van der Waals surface area contributed by atoms with Gasteiger partial charge in [-0.1, -0.05) is 48.1 Å². The summed E-state index contributed by atoms with van der Waals surface area (Å²) in [6, 6.07) is 14.1. The molecule has 2 aromatic heterocycles. The van der Waals surface area contributed by atoms with Gasteiger partial charge in [0.05, 0.1) is 20.8 Å². The summed E-state index contributed by atoms with van der Waals surface area (Å²) in [6.07, 6.45) is 1.03. The number of H-pyrrole nitrogens is 1. The number of anilines is 1. The number of aryl methyl sites for hydroxylation is 1. The number of thiazole rings is 1. The van der Waals surface area contributed by atoms with Crippen LogP contribution in [0.15, 0.2) is 42.5 Å². The number of piperazine rings is 1. The molecule has 2 aromatic carbocycles. The average Bonchev–Trinajstić information content (AvgIpc) is 3.38. The van der Waals surface area contributed by atoms with Crippen LogP contribution in [0.25, 0.3) is 21.1 Å². The molecule has 1 amide bonds. The van der Waals surface area contributed by atoms with Crippen molar-refractivity contribution in [2.75, 3.05) is 31.1 Å². The van der Waals surface area contributed by atoms with E-state index in [0.717, 1.165) is 41.1 Å². The molecule has 1 N–H and O–H groups in total. The number of carbonyl (C=O) groups is 1. The third-order valence-electron chi connectivity index (χ3n) is 5.52. The first-order valence-electron chi connectivity index (χ1n) is 9.83. The zero-order chi connectivity index (χ0) is 20.0. The highest BCUT2D eigenvalue weighted by Crippen LogP contribution is 2.30. The number of para-hydroxylation sites is 1. The van der Waals surface area contributed by atoms with Crippen molar-refractivity contribution in [3.8, 4) is 0 Å². The molecule has 0 spiro atoms. The summed E-state index contributed by atoms with van der Waals surface area (Å²) in [5.74, 6) is 0.0220. The summed E-state index contributed by atoms with van der Waals surface area (Å²) in [7, 11) is 0. The van der Waals surface area contributed by atoms with E-state index in [1.54, 1.807) is 11.3 Å². The van der Waals surface area contributed by atoms with Gasteiger partial charge in [0.15, 0.2) is 5.13 Å². The molecule has 7 heteroatoms. The largest absolute Gasteiger partial charge is 0.349 e. The van der Waals surface area contributed by atoms with Crippen LogP contribution in [0.2, 0.25) is 5.02 Å². The maximum Gasteiger partial charge on any atom is 0.270 e. The minimum atomic E-state index is 0.0220. The molecule has 5 nitrogen and oxygen atoms in total. The van der Waals surface area contributed by atoms with Crippen LogP contribution >= 0.6 is 22.9 Å². The number of nitrogens with zero attached hydrogens (tertiary/aromatic N) is 3. The van der Waals surface area contributed by atoms with Crippen LogP contribution in [0.1, 0.15) is 23.0 Å². The topological polar surface area (TPSA) is 52.2 Å². The lowest BCUT2D eigenvalue weighted by molar-refractivity contribution is 0.0742. The van der Waals surface area contributed by atoms with Gasteiger partial charge in [-0.2, -0.15) is 0 Å². The summed E-state index contributed by atoms with van der Waals surface area (Å²) in [5, 5.41) is 2.63. The highest BCUT2D eigenvalue weighted by Gasteiger charge is 2.25. The van der Waals surface area contributed by atoms with Crippen molar-refractivity contribution >= 4 is 55.1 Å². The molecule has 1 fully saturated rings. The minimum absolute atomic E-state index is 0.0220. The molecule has 0 saturated carbocycles. The van der Waals surface area contributed by atoms with E-state index in [1.165, 1.54) is 10.3 Å². The number of carbonyl (C=O) groups excluding carboxylic acids is 1. The Morgan fingerprint density at radius 1 is 1.17 bits per heavy atom. The normalized spacial score (nSPS) is 14.8. The lowest BCUT2D eigenvalue weighted by Gasteiger charge is -2.34. The third kappa shape index (κ3) is 3.36. The van der Waals surface area contributed by atoms with E-state index in [0.29, 0.717) is 23.8 Å². The second-order valence-electron chi connectivity index (χ2n) is 7.32. The van der Waals surface area contributed by atoms with Gasteiger partial charge >= 0.3 is 0 Å². The van der Waals surface area contributed by atoms with Crippen molar-refractivity contribution in [2.45, 2.75) is 13.3 Å². The molecule has 0 bridgehead atoms. The van der Waals surface area contributed by atoms with Crippen LogP contribution in [0, 0.1) is 0 Å². The number of hydrogen-bond donors (Lipinski definition) is 1. The van der Waals surface area contributed by atoms with Crippen molar-refractivity contribution in [2.24, 2.45) is 0 Å². The third-order valence-corrected chi connectivity index (χ3v) is 6.92. The molecule has 0 unspecified atom stereocenters. The van der Waals surface area contributed by atoms with Crippen LogP contribution < -0.4 is 4.90 Å². The van der Waals surface area contributed by atoms with Gasteiger partial charge in [-0.25, -0.2) is 4.98 Å². The number of fused-ring (bicyclic) bond motifs is 2. The Morgan fingerprint density at radius 3 is 2.76 bits per heavy atom. The van der Waals surface area contributed by atoms with Gasteiger partial charge in [0.2, 0.25) is 0 Å². The maximum absolute atomic E-state index is 13.0. The quantitative estimate of drug-likeness (QED) is 0.506. The van der Waals surface area contributed by atoms with Gasteiger partial charge in [-0.15, -0.1) is 0 Å². The fraction of sp³-hybridized carbons (Fsp3) is 0.273. The number of amides is 1. The van der Waals surface area contributed by atoms with Crippen molar-refractivity contribution in [3.05, 3.63) is 58.7 Å². The zero-order valence-electron chi connectivity index (χ0n) is 16.1. The van der Waals surface area contributed by atoms with Crippen molar-refractivity contribution in [1.29, 1.82) is 0 Å². The van der Waals surface area contributed by atoms with Crippen LogP contribution in [0.3, 0.4) is 0 Å². The molecule has 3 heterocycles. The highest BCUT2D eigenvalue weighted by atomic mass is 35.5. The van der Waals surface area contributed by atoms with Crippen molar-refractivity contribution in [1.82, 2.24) is 14.9 Å². The predicted octanol–water partition coefficient (Wildman–Crippen LogP) is 4.96. The first-order valence-corrected chi connectivity index (χ1v) is 11.0. The maximum atomic E-state index is 13.0. The second-order valence-corrected chi connectivity index (χ2v) is 8.73. The standard InChI is InChI=1S/C22H21ClN4OS/c1-2-14-6-7-17-19(12-14)29-22(25-17)27-10-8-26(9-11-27)21(28)18-13-15-4-3-5-16(23)20(15)24-18/h3-7,12-13,24H,2,8-11H2,1H3. The highest BCUT2D eigenvalue weighted by molar-refractivity contribution is 7.22. The molecule has 1 aliphatic heterocycles. The number of halogens is 1. The second kappa shape index (κ2) is 7.35. The van der Waals surface area contributed by atoms with Crippen molar-refractivity contribution < 1.29 is 4.79 Å². The molecule has 1 saturated heterocycles. The number of hydrogen-bond acceptors (Lipinski definition) is 4. The summed E-state index contributed by atoms with van der Waals surface area (Å²) in [4.78, 5) is 25.1. The average molecular weight is 425 g/mol. The summed E-state index contributed by atoms with van der Waals surface area (Å²) >= 11 is 7.97. The fourth-order valence-electron chi connectivity index (χ4n) is 3.82. The Hall–Kier alpha value is -2.57. The Labute approximate surface area is 177 Å². The number of rotatable bonds is 3. The number of aromatic amines is 1. The Balaban J connectivity index is 1.30. The van der Waals surface area contributed by atoms with Crippen LogP contribution in [-0.2, 0) is 6.42 Å². The summed E-state index contributed by atoms with van der Waals surface area (Å²) in [5.41, 5.74) is 3.79. The van der Waals surface area contributed by atoms with E-state index in [9.17, 15) is 4.79 Å². The van der Waals surface area contributed by atoms with Gasteiger partial charge in [0.25, 0.3) is 5.91 Å². The van der Waals surface area contributed by atoms with E-state index < -0.39 is 0 Å². The molecular weight excluding hydrogens is 404 g/mol. The van der Waals surface area contributed by atoms with Gasteiger partial charge in [-0.05, 0) is 36.2 Å². The van der Waals surface area contributed by atoms with Gasteiger partial charge < -0.3 is 14.8 Å². The Kier molecular flexibility index (Phi) is 4.68. The molecule has 0 aliphatic carbocycles. The SMILES string of the molecule is CCc1ccc2nc(N3CCN(C(=O)c4cc5cccc(Cl)c5[nH]4)CC3)sc2c1. The number of aromatic nitrogens is 2. The summed E-state index contributed by atoms with van der Waals surface area (Å²) < 4.78 is 1.23. The molecule has 0 atom stereocenters. The molecule has 29 heavy (non-hydrogen) atoms. The lowest BCUT2D eigenvalue weighted by atomic mass is 10.2. The zero-order valence-corrected chi connectivity index (χ0v) is 17.7. The molecular formula is C22H21ClN4OS. The lowest BCUT2D eigenvalue weighted by Crippen LogP contribution is -2.48. The Morgan fingerprint density at radius 2 is 2.00 bits per heavy atom. The first kappa shape index (κ1) is 18.5. The van der Waals surface area contributed by atoms with Crippen molar-refractivity contribution in [3.63, 3.8) is 0 Å². The van der Waals surface area contributed by atoms with E-state index in [1.807, 2.05) is 29.2 Å². The molecule has 4 aromatic rings. The van der Waals surface area contributed by atoms with Gasteiger partial charge in [0.1, 0.15) is 5.69 Å². The van der Waals surface area contributed by atoms with E-state index in [-0.39, 0.29) is 5.91 Å². The van der Waals surface area contributed by atoms with Crippen LogP contribution in [-0.4, -0.2) is 47.0 Å². The Bertz CT molecular complexity index is 1210. The minimum Gasteiger partial charge on any atom is -0.349 e. The van der Waals surface area contributed by atoms with E-state index >= 15 is 0 Å². The molecule has 1 aliphatic rings. The first-order chi connectivity index (χ1) is 14.1. The smallest absolute Gasteiger partial charge is 0.270 e. The predicted molar refractivity (Wildman–Crippen MR) is 120 cm³/mol. The number of nitrogens with one attached hydrogen (secondary N) is 1. The van der Waals surface area contributed by atoms with Gasteiger partial charge in [-0.3, -0.25) is 4.79 Å². The van der Waals surface area contributed by atoms with E-state index in [2.05, 4.69) is 35.0 Å². The molecule has 0 radical (unpaired) electrons. The monoisotopic (exact) mass is 424 g/mol. The van der Waals surface area contributed by atoms with Crippen LogP contribution in [0.4, 0.5) is 5.13 Å². The number of benzene rings is 2. The molecule has 148 valence electrons. The fourth-order valence-corrected chi connectivity index (χ4v) is 5.13. The van der Waals surface area contributed by atoms with Gasteiger partial charge in [0, 0.05) is 31.6 Å². The van der Waals surface area contributed by atoms with E-state index in [4.69, 9.17) is 16.6 Å². The van der Waals surface area contributed by atoms with Crippen LogP contribution in [0.5, 0.6) is 0 Å². The molecule has 5 rings (SSSR count). The summed E-state index contributed by atoms with van der Waals surface area (Å²) in [6.45, 7) is 5.09.